The van der Waals surface area contributed by atoms with Gasteiger partial charge in [0, 0.05) is 12.4 Å². The van der Waals surface area contributed by atoms with E-state index in [0.29, 0.717) is 5.76 Å². The van der Waals surface area contributed by atoms with Crippen LogP contribution in [0.5, 0.6) is 0 Å². The highest BCUT2D eigenvalue weighted by molar-refractivity contribution is 5.84. The van der Waals surface area contributed by atoms with Crippen LogP contribution >= 0.6 is 0 Å². The zero-order valence-electron chi connectivity index (χ0n) is 8.33. The minimum atomic E-state index is -1.07. The van der Waals surface area contributed by atoms with E-state index in [0.717, 1.165) is 5.56 Å². The molecule has 0 fully saturated rings. The number of pyridine rings is 1. The third kappa shape index (κ3) is 2.36. The zero-order valence-corrected chi connectivity index (χ0v) is 8.33. The van der Waals surface area contributed by atoms with Crippen LogP contribution in [0.2, 0.25) is 0 Å². The minimum absolute atomic E-state index is 0.0640. The molecular formula is C12H9NO3. The van der Waals surface area contributed by atoms with Gasteiger partial charge >= 0.3 is 5.97 Å². The molecule has 2 aromatic heterocycles. The van der Waals surface area contributed by atoms with Crippen LogP contribution in [0.25, 0.3) is 12.2 Å². The van der Waals surface area contributed by atoms with E-state index in [1.165, 1.54) is 6.07 Å². The Morgan fingerprint density at radius 2 is 2.19 bits per heavy atom. The van der Waals surface area contributed by atoms with Gasteiger partial charge in [0.2, 0.25) is 5.76 Å². The van der Waals surface area contributed by atoms with Gasteiger partial charge in [-0.2, -0.15) is 0 Å². The van der Waals surface area contributed by atoms with Crippen LogP contribution < -0.4 is 0 Å². The van der Waals surface area contributed by atoms with Crippen molar-refractivity contribution in [3.63, 3.8) is 0 Å². The molecule has 0 aliphatic rings. The van der Waals surface area contributed by atoms with E-state index < -0.39 is 5.97 Å². The highest BCUT2D eigenvalue weighted by atomic mass is 16.4. The van der Waals surface area contributed by atoms with Crippen molar-refractivity contribution in [3.8, 4) is 0 Å². The number of carbonyl (C=O) groups is 1. The normalized spacial score (nSPS) is 10.8. The molecule has 2 aromatic rings. The Kier molecular flexibility index (Phi) is 2.82. The van der Waals surface area contributed by atoms with Crippen molar-refractivity contribution in [1.82, 2.24) is 4.98 Å². The summed E-state index contributed by atoms with van der Waals surface area (Å²) >= 11 is 0. The van der Waals surface area contributed by atoms with Crippen molar-refractivity contribution in [1.29, 1.82) is 0 Å². The molecule has 0 unspecified atom stereocenters. The van der Waals surface area contributed by atoms with Gasteiger partial charge in [0.15, 0.2) is 0 Å². The van der Waals surface area contributed by atoms with Crippen LogP contribution in [-0.2, 0) is 0 Å². The second kappa shape index (κ2) is 4.44. The van der Waals surface area contributed by atoms with E-state index in [1.54, 1.807) is 30.6 Å². The van der Waals surface area contributed by atoms with Crippen LogP contribution in [0, 0.1) is 0 Å². The smallest absolute Gasteiger partial charge is 0.371 e. The molecule has 0 aliphatic carbocycles. The number of furan rings is 1. The second-order valence-corrected chi connectivity index (χ2v) is 3.13. The number of carboxylic acid groups (broad SMARTS) is 1. The summed E-state index contributed by atoms with van der Waals surface area (Å²) in [5.74, 6) is -0.631. The molecule has 0 aliphatic heterocycles. The van der Waals surface area contributed by atoms with Crippen molar-refractivity contribution >= 4 is 18.1 Å². The first-order valence-electron chi connectivity index (χ1n) is 4.67. The molecule has 0 atom stereocenters. The summed E-state index contributed by atoms with van der Waals surface area (Å²) in [4.78, 5) is 14.5. The maximum Gasteiger partial charge on any atom is 0.371 e. The van der Waals surface area contributed by atoms with Gasteiger partial charge in [0.25, 0.3) is 0 Å². The summed E-state index contributed by atoms with van der Waals surface area (Å²) in [6.07, 6.45) is 6.89. The highest BCUT2D eigenvalue weighted by Gasteiger charge is 2.06. The molecule has 0 saturated heterocycles. The van der Waals surface area contributed by atoms with Crippen molar-refractivity contribution < 1.29 is 14.3 Å². The number of carboxylic acids is 1. The molecule has 1 N–H and O–H groups in total. The van der Waals surface area contributed by atoms with Crippen molar-refractivity contribution in [3.05, 3.63) is 53.7 Å². The van der Waals surface area contributed by atoms with Gasteiger partial charge in [-0.1, -0.05) is 6.07 Å². The fraction of sp³-hybridized carbons (Fsp3) is 0. The molecule has 0 radical (unpaired) electrons. The average Bonchev–Trinajstić information content (AvgIpc) is 2.76. The minimum Gasteiger partial charge on any atom is -0.475 e. The molecule has 80 valence electrons. The lowest BCUT2D eigenvalue weighted by molar-refractivity contribution is 0.0662. The summed E-state index contributed by atoms with van der Waals surface area (Å²) in [6, 6.07) is 6.75. The second-order valence-electron chi connectivity index (χ2n) is 3.13. The maximum absolute atomic E-state index is 10.6. The largest absolute Gasteiger partial charge is 0.475 e. The van der Waals surface area contributed by atoms with E-state index in [2.05, 4.69) is 4.98 Å². The average molecular weight is 215 g/mol. The first kappa shape index (κ1) is 10.2. The molecule has 2 rings (SSSR count). The fourth-order valence-corrected chi connectivity index (χ4v) is 1.21. The van der Waals surface area contributed by atoms with Gasteiger partial charge in [0.05, 0.1) is 0 Å². The molecule has 0 bridgehead atoms. The molecule has 2 heterocycles. The Hall–Kier alpha value is -2.36. The lowest BCUT2D eigenvalue weighted by atomic mass is 10.2. The van der Waals surface area contributed by atoms with Gasteiger partial charge < -0.3 is 9.52 Å². The maximum atomic E-state index is 10.6. The van der Waals surface area contributed by atoms with E-state index in [1.807, 2.05) is 12.1 Å². The standard InChI is InChI=1S/C12H9NO3/c14-12(15)11-6-5-10(16-11)4-3-9-2-1-7-13-8-9/h1-8H,(H,14,15)/b4-3+. The Bertz CT molecular complexity index is 514. The molecule has 16 heavy (non-hydrogen) atoms. The predicted molar refractivity (Wildman–Crippen MR) is 58.8 cm³/mol. The Labute approximate surface area is 91.9 Å². The summed E-state index contributed by atoms with van der Waals surface area (Å²) < 4.78 is 5.06. The van der Waals surface area contributed by atoms with E-state index in [9.17, 15) is 4.79 Å². The van der Waals surface area contributed by atoms with E-state index in [-0.39, 0.29) is 5.76 Å². The number of aromatic carboxylic acids is 1. The zero-order chi connectivity index (χ0) is 11.4. The number of nitrogens with zero attached hydrogens (tertiary/aromatic N) is 1. The van der Waals surface area contributed by atoms with Crippen molar-refractivity contribution in [2.45, 2.75) is 0 Å². The number of aromatic nitrogens is 1. The van der Waals surface area contributed by atoms with Crippen LogP contribution in [0.3, 0.4) is 0 Å². The molecule has 0 aromatic carbocycles. The first-order valence-corrected chi connectivity index (χ1v) is 4.67. The van der Waals surface area contributed by atoms with Crippen LogP contribution in [-0.4, -0.2) is 16.1 Å². The molecule has 4 nitrogen and oxygen atoms in total. The van der Waals surface area contributed by atoms with E-state index >= 15 is 0 Å². The Balaban J connectivity index is 2.15. The quantitative estimate of drug-likeness (QED) is 0.854. The summed E-state index contributed by atoms with van der Waals surface area (Å²) in [6.45, 7) is 0. The summed E-state index contributed by atoms with van der Waals surface area (Å²) in [5, 5.41) is 8.66. The number of hydrogen-bond acceptors (Lipinski definition) is 3. The topological polar surface area (TPSA) is 63.3 Å². The Morgan fingerprint density at radius 1 is 1.31 bits per heavy atom. The lowest BCUT2D eigenvalue weighted by Gasteiger charge is -1.89. The van der Waals surface area contributed by atoms with Crippen molar-refractivity contribution in [2.75, 3.05) is 0 Å². The summed E-state index contributed by atoms with van der Waals surface area (Å²) in [7, 11) is 0. The monoisotopic (exact) mass is 215 g/mol. The third-order valence-corrected chi connectivity index (χ3v) is 1.96. The summed E-state index contributed by atoms with van der Waals surface area (Å²) in [5.41, 5.74) is 0.927. The molecular weight excluding hydrogens is 206 g/mol. The lowest BCUT2D eigenvalue weighted by Crippen LogP contribution is -1.91. The number of hydrogen-bond donors (Lipinski definition) is 1. The third-order valence-electron chi connectivity index (χ3n) is 1.96. The van der Waals surface area contributed by atoms with Gasteiger partial charge in [-0.15, -0.1) is 0 Å². The molecule has 0 saturated carbocycles. The fourth-order valence-electron chi connectivity index (χ4n) is 1.21. The first-order chi connectivity index (χ1) is 7.75. The van der Waals surface area contributed by atoms with Gasteiger partial charge in [0.1, 0.15) is 5.76 Å². The van der Waals surface area contributed by atoms with Crippen molar-refractivity contribution in [2.24, 2.45) is 0 Å². The number of rotatable bonds is 3. The van der Waals surface area contributed by atoms with Gasteiger partial charge in [-0.25, -0.2) is 4.79 Å². The molecule has 4 heteroatoms. The van der Waals surface area contributed by atoms with E-state index in [4.69, 9.17) is 9.52 Å². The van der Waals surface area contributed by atoms with Gasteiger partial charge in [-0.3, -0.25) is 4.98 Å². The SMILES string of the molecule is O=C(O)c1ccc(/C=C/c2cccnc2)o1. The predicted octanol–water partition coefficient (Wildman–Crippen LogP) is 2.54. The molecule has 0 spiro atoms. The van der Waals surface area contributed by atoms with Crippen LogP contribution in [0.15, 0.2) is 41.1 Å². The van der Waals surface area contributed by atoms with Gasteiger partial charge in [-0.05, 0) is 35.9 Å². The highest BCUT2D eigenvalue weighted by Crippen LogP contribution is 2.11. The van der Waals surface area contributed by atoms with Crippen LogP contribution in [0.1, 0.15) is 21.9 Å². The van der Waals surface area contributed by atoms with Crippen LogP contribution in [0.4, 0.5) is 0 Å². The molecule has 0 amide bonds. The Morgan fingerprint density at radius 3 is 2.81 bits per heavy atom.